The molecule has 0 bridgehead atoms. The molecule has 0 heterocycles. The van der Waals surface area contributed by atoms with Crippen molar-refractivity contribution in [2.24, 2.45) is 0 Å². The summed E-state index contributed by atoms with van der Waals surface area (Å²) in [7, 11) is 1.62. The summed E-state index contributed by atoms with van der Waals surface area (Å²) in [6.07, 6.45) is 0.325. The number of rotatable bonds is 4. The molecule has 1 N–H and O–H groups in total. The Morgan fingerprint density at radius 1 is 1.20 bits per heavy atom. The van der Waals surface area contributed by atoms with E-state index in [1.165, 1.54) is 0 Å². The first-order valence-electron chi connectivity index (χ1n) is 6.27. The largest absolute Gasteiger partial charge is 0.497 e. The van der Waals surface area contributed by atoms with E-state index in [2.05, 4.69) is 5.32 Å². The van der Waals surface area contributed by atoms with E-state index in [1.807, 2.05) is 43.3 Å². The minimum atomic E-state index is -0.0550. The van der Waals surface area contributed by atoms with Crippen LogP contribution in [0.15, 0.2) is 42.5 Å². The molecule has 0 fully saturated rings. The third-order valence-corrected chi connectivity index (χ3v) is 3.22. The van der Waals surface area contributed by atoms with Gasteiger partial charge in [0.1, 0.15) is 5.75 Å². The number of ether oxygens (including phenoxy) is 1. The lowest BCUT2D eigenvalue weighted by Gasteiger charge is -2.09. The van der Waals surface area contributed by atoms with E-state index in [9.17, 15) is 4.79 Å². The van der Waals surface area contributed by atoms with Crippen molar-refractivity contribution in [2.75, 3.05) is 12.4 Å². The van der Waals surface area contributed by atoms with Crippen molar-refractivity contribution in [3.8, 4) is 5.75 Å². The Kier molecular flexibility index (Phi) is 4.64. The van der Waals surface area contributed by atoms with Crippen LogP contribution >= 0.6 is 11.6 Å². The second-order valence-corrected chi connectivity index (χ2v) is 4.97. The molecular weight excluding hydrogens is 274 g/mol. The molecule has 0 atom stereocenters. The SMILES string of the molecule is COc1ccc(CC(=O)Nc2ccc(Cl)cc2C)cc1. The molecule has 0 saturated heterocycles. The Bertz CT molecular complexity index is 608. The number of carbonyl (C=O) groups excluding carboxylic acids is 1. The molecule has 0 spiro atoms. The van der Waals surface area contributed by atoms with Gasteiger partial charge in [-0.05, 0) is 48.4 Å². The predicted octanol–water partition coefficient (Wildman–Crippen LogP) is 3.84. The highest BCUT2D eigenvalue weighted by atomic mass is 35.5. The second kappa shape index (κ2) is 6.44. The van der Waals surface area contributed by atoms with Crippen LogP contribution in [0, 0.1) is 6.92 Å². The summed E-state index contributed by atoms with van der Waals surface area (Å²) in [5, 5.41) is 3.55. The summed E-state index contributed by atoms with van der Waals surface area (Å²) in [4.78, 5) is 12.0. The van der Waals surface area contributed by atoms with Crippen molar-refractivity contribution in [1.82, 2.24) is 0 Å². The van der Waals surface area contributed by atoms with Gasteiger partial charge in [0.05, 0.1) is 13.5 Å². The molecule has 1 amide bonds. The molecule has 0 aromatic heterocycles. The van der Waals surface area contributed by atoms with Gasteiger partial charge < -0.3 is 10.1 Å². The molecule has 0 aliphatic heterocycles. The molecule has 2 aromatic rings. The van der Waals surface area contributed by atoms with E-state index >= 15 is 0 Å². The van der Waals surface area contributed by atoms with Crippen LogP contribution < -0.4 is 10.1 Å². The maximum Gasteiger partial charge on any atom is 0.228 e. The zero-order valence-electron chi connectivity index (χ0n) is 11.4. The Morgan fingerprint density at radius 2 is 1.90 bits per heavy atom. The Labute approximate surface area is 123 Å². The summed E-state index contributed by atoms with van der Waals surface area (Å²) in [6, 6.07) is 12.8. The number of carbonyl (C=O) groups is 1. The minimum Gasteiger partial charge on any atom is -0.497 e. The lowest BCUT2D eigenvalue weighted by Crippen LogP contribution is -2.15. The molecule has 104 valence electrons. The normalized spacial score (nSPS) is 10.2. The molecule has 20 heavy (non-hydrogen) atoms. The highest BCUT2D eigenvalue weighted by molar-refractivity contribution is 6.30. The summed E-state index contributed by atoms with van der Waals surface area (Å²) in [5.41, 5.74) is 2.67. The first-order valence-corrected chi connectivity index (χ1v) is 6.65. The smallest absolute Gasteiger partial charge is 0.228 e. The average molecular weight is 290 g/mol. The van der Waals surface area contributed by atoms with Crippen molar-refractivity contribution in [2.45, 2.75) is 13.3 Å². The molecule has 2 rings (SSSR count). The summed E-state index contributed by atoms with van der Waals surface area (Å²) >= 11 is 5.89. The predicted molar refractivity (Wildman–Crippen MR) is 81.5 cm³/mol. The molecular formula is C16H16ClNO2. The van der Waals surface area contributed by atoms with Gasteiger partial charge in [0.2, 0.25) is 5.91 Å². The minimum absolute atomic E-state index is 0.0550. The molecule has 3 nitrogen and oxygen atoms in total. The van der Waals surface area contributed by atoms with Crippen LogP contribution in [0.25, 0.3) is 0 Å². The number of aryl methyl sites for hydroxylation is 1. The van der Waals surface area contributed by atoms with E-state index in [0.29, 0.717) is 11.4 Å². The third kappa shape index (κ3) is 3.75. The molecule has 0 aliphatic carbocycles. The van der Waals surface area contributed by atoms with Crippen molar-refractivity contribution in [1.29, 1.82) is 0 Å². The molecule has 2 aromatic carbocycles. The van der Waals surface area contributed by atoms with Gasteiger partial charge in [-0.3, -0.25) is 4.79 Å². The summed E-state index contributed by atoms with van der Waals surface area (Å²) in [6.45, 7) is 1.91. The number of anilines is 1. The van der Waals surface area contributed by atoms with Crippen LogP contribution in [0.5, 0.6) is 5.75 Å². The molecule has 0 aliphatic rings. The van der Waals surface area contributed by atoms with E-state index in [1.54, 1.807) is 13.2 Å². The van der Waals surface area contributed by atoms with E-state index in [4.69, 9.17) is 16.3 Å². The lowest BCUT2D eigenvalue weighted by molar-refractivity contribution is -0.115. The quantitative estimate of drug-likeness (QED) is 0.929. The Morgan fingerprint density at radius 3 is 2.50 bits per heavy atom. The molecule has 0 saturated carbocycles. The van der Waals surface area contributed by atoms with Crippen molar-refractivity contribution >= 4 is 23.2 Å². The van der Waals surface area contributed by atoms with E-state index in [-0.39, 0.29) is 5.91 Å². The molecule has 0 radical (unpaired) electrons. The van der Waals surface area contributed by atoms with Gasteiger partial charge in [0, 0.05) is 10.7 Å². The maximum atomic E-state index is 12.0. The first-order chi connectivity index (χ1) is 9.58. The van der Waals surface area contributed by atoms with E-state index in [0.717, 1.165) is 22.6 Å². The number of nitrogens with one attached hydrogen (secondary N) is 1. The zero-order chi connectivity index (χ0) is 14.5. The van der Waals surface area contributed by atoms with Gasteiger partial charge in [-0.1, -0.05) is 23.7 Å². The maximum absolute atomic E-state index is 12.0. The lowest BCUT2D eigenvalue weighted by atomic mass is 10.1. The monoisotopic (exact) mass is 289 g/mol. The first kappa shape index (κ1) is 14.4. The van der Waals surface area contributed by atoms with Crippen LogP contribution in [0.3, 0.4) is 0 Å². The van der Waals surface area contributed by atoms with Crippen LogP contribution in [-0.2, 0) is 11.2 Å². The van der Waals surface area contributed by atoms with Crippen LogP contribution in [0.2, 0.25) is 5.02 Å². The second-order valence-electron chi connectivity index (χ2n) is 4.53. The summed E-state index contributed by atoms with van der Waals surface area (Å²) < 4.78 is 5.08. The molecule has 4 heteroatoms. The van der Waals surface area contributed by atoms with Crippen molar-refractivity contribution < 1.29 is 9.53 Å². The van der Waals surface area contributed by atoms with Crippen LogP contribution in [-0.4, -0.2) is 13.0 Å². The Hall–Kier alpha value is -2.00. The number of amides is 1. The number of hydrogen-bond acceptors (Lipinski definition) is 2. The van der Waals surface area contributed by atoms with Gasteiger partial charge in [-0.2, -0.15) is 0 Å². The third-order valence-electron chi connectivity index (χ3n) is 2.99. The highest BCUT2D eigenvalue weighted by Gasteiger charge is 2.06. The van der Waals surface area contributed by atoms with Gasteiger partial charge in [0.25, 0.3) is 0 Å². The number of halogens is 1. The molecule has 0 unspecified atom stereocenters. The fourth-order valence-electron chi connectivity index (χ4n) is 1.89. The average Bonchev–Trinajstić information content (AvgIpc) is 2.43. The van der Waals surface area contributed by atoms with Gasteiger partial charge in [-0.25, -0.2) is 0 Å². The fraction of sp³-hybridized carbons (Fsp3) is 0.188. The standard InChI is InChI=1S/C16H16ClNO2/c1-11-9-13(17)5-8-15(11)18-16(19)10-12-3-6-14(20-2)7-4-12/h3-9H,10H2,1-2H3,(H,18,19). The number of hydrogen-bond donors (Lipinski definition) is 1. The Balaban J connectivity index is 2.01. The zero-order valence-corrected chi connectivity index (χ0v) is 12.2. The van der Waals surface area contributed by atoms with Gasteiger partial charge in [0.15, 0.2) is 0 Å². The van der Waals surface area contributed by atoms with E-state index < -0.39 is 0 Å². The van der Waals surface area contributed by atoms with Gasteiger partial charge in [-0.15, -0.1) is 0 Å². The van der Waals surface area contributed by atoms with Gasteiger partial charge >= 0.3 is 0 Å². The van der Waals surface area contributed by atoms with Crippen LogP contribution in [0.1, 0.15) is 11.1 Å². The van der Waals surface area contributed by atoms with Crippen molar-refractivity contribution in [3.63, 3.8) is 0 Å². The summed E-state index contributed by atoms with van der Waals surface area (Å²) in [5.74, 6) is 0.725. The number of methoxy groups -OCH3 is 1. The highest BCUT2D eigenvalue weighted by Crippen LogP contribution is 2.20. The fourth-order valence-corrected chi connectivity index (χ4v) is 2.12. The number of benzene rings is 2. The van der Waals surface area contributed by atoms with Crippen molar-refractivity contribution in [3.05, 3.63) is 58.6 Å². The van der Waals surface area contributed by atoms with Crippen LogP contribution in [0.4, 0.5) is 5.69 Å². The topological polar surface area (TPSA) is 38.3 Å².